The summed E-state index contributed by atoms with van der Waals surface area (Å²) in [5, 5.41) is 6.23. The van der Waals surface area contributed by atoms with Crippen molar-refractivity contribution in [2.75, 3.05) is 25.0 Å². The number of urea groups is 1. The molecule has 1 aliphatic carbocycles. The first-order valence-corrected chi connectivity index (χ1v) is 9.24. The first-order chi connectivity index (χ1) is 12.5. The fourth-order valence-corrected chi connectivity index (χ4v) is 3.68. The second-order valence-electron chi connectivity index (χ2n) is 7.55. The average molecular weight is 355 g/mol. The highest BCUT2D eigenvalue weighted by Gasteiger charge is 2.56. The molecule has 1 atom stereocenters. The largest absolute Gasteiger partial charge is 0.352 e. The first-order valence-electron chi connectivity index (χ1n) is 9.24. The molecule has 138 valence electrons. The molecule has 1 unspecified atom stereocenters. The predicted molar refractivity (Wildman–Crippen MR) is 100.0 cm³/mol. The Morgan fingerprint density at radius 3 is 2.65 bits per heavy atom. The van der Waals surface area contributed by atoms with E-state index in [1.165, 1.54) is 4.90 Å². The Labute approximate surface area is 153 Å². The van der Waals surface area contributed by atoms with Crippen LogP contribution in [0.15, 0.2) is 29.3 Å². The molecule has 1 aromatic carbocycles. The molecule has 2 aliphatic heterocycles. The van der Waals surface area contributed by atoms with E-state index in [1.807, 2.05) is 38.2 Å². The number of imide groups is 1. The summed E-state index contributed by atoms with van der Waals surface area (Å²) in [6, 6.07) is 7.23. The lowest BCUT2D eigenvalue weighted by Gasteiger charge is -2.25. The predicted octanol–water partition coefficient (Wildman–Crippen LogP) is 1.69. The molecule has 4 rings (SSSR count). The van der Waals surface area contributed by atoms with Gasteiger partial charge in [-0.05, 0) is 49.8 Å². The number of hydrogen-bond donors (Lipinski definition) is 2. The van der Waals surface area contributed by atoms with Crippen LogP contribution in [0.4, 0.5) is 10.5 Å². The fourth-order valence-electron chi connectivity index (χ4n) is 3.68. The number of rotatable bonds is 4. The van der Waals surface area contributed by atoms with Crippen LogP contribution < -0.4 is 15.5 Å². The van der Waals surface area contributed by atoms with Gasteiger partial charge in [-0.2, -0.15) is 0 Å². The Hall–Kier alpha value is -2.57. The van der Waals surface area contributed by atoms with Gasteiger partial charge in [-0.25, -0.2) is 9.69 Å². The highest BCUT2D eigenvalue weighted by atomic mass is 16.2. The summed E-state index contributed by atoms with van der Waals surface area (Å²) in [6.45, 7) is 4.36. The van der Waals surface area contributed by atoms with Crippen molar-refractivity contribution in [3.05, 3.63) is 29.8 Å². The highest BCUT2D eigenvalue weighted by Crippen LogP contribution is 2.43. The molecule has 2 fully saturated rings. The number of nitrogens with zero attached hydrogens (tertiary/aromatic N) is 3. The summed E-state index contributed by atoms with van der Waals surface area (Å²) < 4.78 is 0. The molecular formula is C19H25N5O2. The SMILES string of the molecule is CN1CCCN=C1NCc1ccc(N2C(=O)NC(C)(C3CC3)C2=O)cc1. The first kappa shape index (κ1) is 16.9. The lowest BCUT2D eigenvalue weighted by Crippen LogP contribution is -2.46. The van der Waals surface area contributed by atoms with Gasteiger partial charge in [0, 0.05) is 26.7 Å². The number of aliphatic imine (C=N–C) groups is 1. The minimum Gasteiger partial charge on any atom is -0.352 e. The third kappa shape index (κ3) is 2.91. The maximum Gasteiger partial charge on any atom is 0.329 e. The van der Waals surface area contributed by atoms with E-state index in [2.05, 4.69) is 20.5 Å². The van der Waals surface area contributed by atoms with Crippen molar-refractivity contribution >= 4 is 23.6 Å². The molecular weight excluding hydrogens is 330 g/mol. The average Bonchev–Trinajstić information content (AvgIpc) is 3.44. The lowest BCUT2D eigenvalue weighted by atomic mass is 9.96. The zero-order valence-electron chi connectivity index (χ0n) is 15.3. The molecule has 1 saturated heterocycles. The van der Waals surface area contributed by atoms with Gasteiger partial charge in [-0.15, -0.1) is 0 Å². The number of benzene rings is 1. The molecule has 3 aliphatic rings. The number of carbonyl (C=O) groups is 2. The third-order valence-corrected chi connectivity index (χ3v) is 5.53. The molecule has 7 nitrogen and oxygen atoms in total. The molecule has 26 heavy (non-hydrogen) atoms. The van der Waals surface area contributed by atoms with Crippen LogP contribution in [0.3, 0.4) is 0 Å². The van der Waals surface area contributed by atoms with E-state index in [4.69, 9.17) is 0 Å². The number of nitrogens with one attached hydrogen (secondary N) is 2. The molecule has 1 aromatic rings. The van der Waals surface area contributed by atoms with Crippen LogP contribution in [-0.4, -0.2) is 48.5 Å². The van der Waals surface area contributed by atoms with Gasteiger partial charge in [0.05, 0.1) is 5.69 Å². The standard InChI is InChI=1S/C19H25N5O2/c1-19(14-6-7-14)16(25)24(18(26)22-19)15-8-4-13(5-9-15)12-21-17-20-10-3-11-23(17)2/h4-5,8-9,14H,3,6-7,10-12H2,1-2H3,(H,20,21)(H,22,26). The van der Waals surface area contributed by atoms with Gasteiger partial charge < -0.3 is 15.5 Å². The number of anilines is 1. The number of carbonyl (C=O) groups excluding carboxylic acids is 2. The van der Waals surface area contributed by atoms with Gasteiger partial charge in [0.25, 0.3) is 5.91 Å². The Morgan fingerprint density at radius 1 is 1.27 bits per heavy atom. The van der Waals surface area contributed by atoms with Crippen LogP contribution in [0.1, 0.15) is 31.7 Å². The van der Waals surface area contributed by atoms with Gasteiger partial charge in [-0.1, -0.05) is 12.1 Å². The van der Waals surface area contributed by atoms with Crippen molar-refractivity contribution in [2.24, 2.45) is 10.9 Å². The Balaban J connectivity index is 1.43. The van der Waals surface area contributed by atoms with Crippen LogP contribution in [0.2, 0.25) is 0 Å². The summed E-state index contributed by atoms with van der Waals surface area (Å²) in [4.78, 5) is 33.0. The second-order valence-corrected chi connectivity index (χ2v) is 7.55. The molecule has 0 aromatic heterocycles. The second kappa shape index (κ2) is 6.30. The van der Waals surface area contributed by atoms with Crippen molar-refractivity contribution in [3.63, 3.8) is 0 Å². The molecule has 0 radical (unpaired) electrons. The maximum absolute atomic E-state index is 12.8. The normalized spacial score (nSPS) is 26.0. The molecule has 0 spiro atoms. The lowest BCUT2D eigenvalue weighted by molar-refractivity contribution is -0.122. The summed E-state index contributed by atoms with van der Waals surface area (Å²) in [7, 11) is 2.03. The fraction of sp³-hybridized carbons (Fsp3) is 0.526. The van der Waals surface area contributed by atoms with Crippen molar-refractivity contribution < 1.29 is 9.59 Å². The number of hydrogen-bond acceptors (Lipinski definition) is 5. The van der Waals surface area contributed by atoms with Crippen LogP contribution in [-0.2, 0) is 11.3 Å². The van der Waals surface area contributed by atoms with Gasteiger partial charge in [0.15, 0.2) is 5.96 Å². The molecule has 3 amide bonds. The Morgan fingerprint density at radius 2 is 2.00 bits per heavy atom. The number of amides is 3. The minimum absolute atomic E-state index is 0.144. The topological polar surface area (TPSA) is 77.0 Å². The van der Waals surface area contributed by atoms with E-state index in [9.17, 15) is 9.59 Å². The van der Waals surface area contributed by atoms with E-state index in [1.54, 1.807) is 0 Å². The van der Waals surface area contributed by atoms with E-state index in [0.29, 0.717) is 12.2 Å². The van der Waals surface area contributed by atoms with E-state index >= 15 is 0 Å². The summed E-state index contributed by atoms with van der Waals surface area (Å²) >= 11 is 0. The van der Waals surface area contributed by atoms with Gasteiger partial charge in [0.2, 0.25) is 0 Å². The summed E-state index contributed by atoms with van der Waals surface area (Å²) in [6.07, 6.45) is 3.08. The van der Waals surface area contributed by atoms with E-state index in [0.717, 1.165) is 43.9 Å². The smallest absolute Gasteiger partial charge is 0.329 e. The van der Waals surface area contributed by atoms with Crippen LogP contribution in [0.25, 0.3) is 0 Å². The molecule has 2 heterocycles. The highest BCUT2D eigenvalue weighted by molar-refractivity contribution is 6.23. The summed E-state index contributed by atoms with van der Waals surface area (Å²) in [5.41, 5.74) is 0.946. The van der Waals surface area contributed by atoms with E-state index < -0.39 is 5.54 Å². The molecule has 7 heteroatoms. The maximum atomic E-state index is 12.8. The van der Waals surface area contributed by atoms with Crippen molar-refractivity contribution in [2.45, 2.75) is 38.3 Å². The van der Waals surface area contributed by atoms with Crippen LogP contribution >= 0.6 is 0 Å². The van der Waals surface area contributed by atoms with Crippen LogP contribution in [0, 0.1) is 5.92 Å². The summed E-state index contributed by atoms with van der Waals surface area (Å²) in [5.74, 6) is 1.03. The van der Waals surface area contributed by atoms with Gasteiger partial charge in [-0.3, -0.25) is 9.79 Å². The Kier molecular flexibility index (Phi) is 4.09. The van der Waals surface area contributed by atoms with E-state index in [-0.39, 0.29) is 17.9 Å². The zero-order valence-corrected chi connectivity index (χ0v) is 15.3. The quantitative estimate of drug-likeness (QED) is 0.806. The van der Waals surface area contributed by atoms with Crippen molar-refractivity contribution in [1.29, 1.82) is 0 Å². The van der Waals surface area contributed by atoms with Crippen molar-refractivity contribution in [1.82, 2.24) is 15.5 Å². The third-order valence-electron chi connectivity index (χ3n) is 5.53. The minimum atomic E-state index is -0.749. The number of guanidine groups is 1. The monoisotopic (exact) mass is 355 g/mol. The molecule has 0 bridgehead atoms. The Bertz CT molecular complexity index is 756. The molecule has 1 saturated carbocycles. The van der Waals surface area contributed by atoms with Crippen LogP contribution in [0.5, 0.6) is 0 Å². The zero-order chi connectivity index (χ0) is 18.3. The van der Waals surface area contributed by atoms with Crippen molar-refractivity contribution in [3.8, 4) is 0 Å². The van der Waals surface area contributed by atoms with Gasteiger partial charge in [0.1, 0.15) is 5.54 Å². The molecule has 2 N–H and O–H groups in total. The van der Waals surface area contributed by atoms with Gasteiger partial charge >= 0.3 is 6.03 Å².